The molecule has 28 heavy (non-hydrogen) atoms. The Hall–Kier alpha value is -3.02. The summed E-state index contributed by atoms with van der Waals surface area (Å²) in [7, 11) is 3.08. The minimum atomic E-state index is -1.05. The highest BCUT2D eigenvalue weighted by molar-refractivity contribution is 6.17. The number of anilines is 2. The molecule has 1 fully saturated rings. The summed E-state index contributed by atoms with van der Waals surface area (Å²) in [5.41, 5.74) is 2.27. The van der Waals surface area contributed by atoms with Crippen molar-refractivity contribution in [1.29, 1.82) is 0 Å². The zero-order chi connectivity index (χ0) is 20.3. The Balaban J connectivity index is 1.80. The lowest BCUT2D eigenvalue weighted by molar-refractivity contribution is -0.131. The molecule has 0 unspecified atom stereocenters. The van der Waals surface area contributed by atoms with Gasteiger partial charge in [-0.1, -0.05) is 25.1 Å². The van der Waals surface area contributed by atoms with Gasteiger partial charge < -0.3 is 20.1 Å². The summed E-state index contributed by atoms with van der Waals surface area (Å²) in [4.78, 5) is 26.0. The SMILES string of the molecule is CCc1cccc(C)c1NC(=O)C1(C(=O)Nc2cc(OC)ccc2OC)CC1. The van der Waals surface area contributed by atoms with Crippen LogP contribution in [0.4, 0.5) is 11.4 Å². The molecule has 0 aliphatic heterocycles. The second-order valence-electron chi connectivity index (χ2n) is 7.02. The van der Waals surface area contributed by atoms with Gasteiger partial charge in [-0.3, -0.25) is 9.59 Å². The van der Waals surface area contributed by atoms with Crippen molar-refractivity contribution in [2.45, 2.75) is 33.1 Å². The number of amides is 2. The van der Waals surface area contributed by atoms with Gasteiger partial charge in [0.1, 0.15) is 16.9 Å². The number of nitrogens with one attached hydrogen (secondary N) is 2. The normalized spacial score (nSPS) is 14.1. The summed E-state index contributed by atoms with van der Waals surface area (Å²) >= 11 is 0. The molecule has 0 bridgehead atoms. The van der Waals surface area contributed by atoms with Crippen molar-refractivity contribution in [2.75, 3.05) is 24.9 Å². The molecule has 6 heteroatoms. The Morgan fingerprint density at radius 1 is 1.04 bits per heavy atom. The standard InChI is InChI=1S/C22H26N2O4/c1-5-15-8-6-7-14(2)19(15)24-21(26)22(11-12-22)20(25)23-17-13-16(27-3)9-10-18(17)28-4/h6-10,13H,5,11-12H2,1-4H3,(H,23,25)(H,24,26). The van der Waals surface area contributed by atoms with Gasteiger partial charge in [-0.2, -0.15) is 0 Å². The third-order valence-corrected chi connectivity index (χ3v) is 5.25. The van der Waals surface area contributed by atoms with Crippen LogP contribution in [-0.2, 0) is 16.0 Å². The third-order valence-electron chi connectivity index (χ3n) is 5.25. The van der Waals surface area contributed by atoms with Crippen molar-refractivity contribution in [1.82, 2.24) is 0 Å². The topological polar surface area (TPSA) is 76.7 Å². The molecule has 0 heterocycles. The molecule has 2 amide bonds. The number of hydrogen-bond acceptors (Lipinski definition) is 4. The molecule has 148 valence electrons. The number of carbonyl (C=O) groups excluding carboxylic acids is 2. The Morgan fingerprint density at radius 3 is 2.36 bits per heavy atom. The molecule has 1 aliphatic rings. The zero-order valence-corrected chi connectivity index (χ0v) is 16.7. The lowest BCUT2D eigenvalue weighted by atomic mass is 10.0. The minimum absolute atomic E-state index is 0.268. The van der Waals surface area contributed by atoms with Gasteiger partial charge in [-0.25, -0.2) is 0 Å². The zero-order valence-electron chi connectivity index (χ0n) is 16.7. The van der Waals surface area contributed by atoms with E-state index in [-0.39, 0.29) is 11.8 Å². The van der Waals surface area contributed by atoms with Gasteiger partial charge in [-0.15, -0.1) is 0 Å². The van der Waals surface area contributed by atoms with E-state index in [4.69, 9.17) is 9.47 Å². The molecule has 0 aromatic heterocycles. The van der Waals surface area contributed by atoms with E-state index in [9.17, 15) is 9.59 Å². The van der Waals surface area contributed by atoms with E-state index >= 15 is 0 Å². The molecule has 0 spiro atoms. The van der Waals surface area contributed by atoms with Gasteiger partial charge in [-0.05, 0) is 49.4 Å². The fourth-order valence-corrected chi connectivity index (χ4v) is 3.27. The maximum atomic E-state index is 13.0. The molecule has 0 radical (unpaired) electrons. The lowest BCUT2D eigenvalue weighted by Crippen LogP contribution is -2.36. The molecule has 3 rings (SSSR count). The molecule has 6 nitrogen and oxygen atoms in total. The van der Waals surface area contributed by atoms with Gasteiger partial charge in [0.05, 0.1) is 19.9 Å². The lowest BCUT2D eigenvalue weighted by Gasteiger charge is -2.19. The Bertz CT molecular complexity index is 903. The first-order valence-corrected chi connectivity index (χ1v) is 9.38. The van der Waals surface area contributed by atoms with Crippen LogP contribution in [0.3, 0.4) is 0 Å². The smallest absolute Gasteiger partial charge is 0.240 e. The van der Waals surface area contributed by atoms with Crippen LogP contribution < -0.4 is 20.1 Å². The number of methoxy groups -OCH3 is 2. The Morgan fingerprint density at radius 2 is 1.75 bits per heavy atom. The molecule has 1 saturated carbocycles. The van der Waals surface area contributed by atoms with Crippen molar-refractivity contribution < 1.29 is 19.1 Å². The van der Waals surface area contributed by atoms with Crippen LogP contribution in [0, 0.1) is 12.3 Å². The summed E-state index contributed by atoms with van der Waals surface area (Å²) in [6.07, 6.45) is 1.84. The number of ether oxygens (including phenoxy) is 2. The van der Waals surface area contributed by atoms with Crippen LogP contribution in [-0.4, -0.2) is 26.0 Å². The van der Waals surface area contributed by atoms with Gasteiger partial charge in [0.2, 0.25) is 11.8 Å². The summed E-state index contributed by atoms with van der Waals surface area (Å²) in [5, 5.41) is 5.84. The van der Waals surface area contributed by atoms with E-state index in [0.717, 1.165) is 23.2 Å². The number of carbonyl (C=O) groups is 2. The molecular weight excluding hydrogens is 356 g/mol. The number of hydrogen-bond donors (Lipinski definition) is 2. The Labute approximate surface area is 165 Å². The average molecular weight is 382 g/mol. The van der Waals surface area contributed by atoms with E-state index in [0.29, 0.717) is 30.0 Å². The largest absolute Gasteiger partial charge is 0.497 e. The van der Waals surface area contributed by atoms with E-state index in [1.807, 2.05) is 32.0 Å². The second kappa shape index (κ2) is 7.92. The second-order valence-corrected chi connectivity index (χ2v) is 7.02. The predicted octanol–water partition coefficient (Wildman–Crippen LogP) is 3.93. The number of benzene rings is 2. The highest BCUT2D eigenvalue weighted by Crippen LogP contribution is 2.48. The summed E-state index contributed by atoms with van der Waals surface area (Å²) < 4.78 is 10.5. The van der Waals surface area contributed by atoms with Gasteiger partial charge in [0.25, 0.3) is 0 Å². The maximum Gasteiger partial charge on any atom is 0.240 e. The number of para-hydroxylation sites is 1. The van der Waals surface area contributed by atoms with Crippen molar-refractivity contribution in [3.63, 3.8) is 0 Å². The Kier molecular flexibility index (Phi) is 5.58. The molecule has 0 atom stereocenters. The average Bonchev–Trinajstić information content (AvgIpc) is 3.51. The van der Waals surface area contributed by atoms with Crippen molar-refractivity contribution in [3.05, 3.63) is 47.5 Å². The fraction of sp³-hybridized carbons (Fsp3) is 0.364. The first kappa shape index (κ1) is 19.7. The van der Waals surface area contributed by atoms with Crippen LogP contribution in [0.15, 0.2) is 36.4 Å². The summed E-state index contributed by atoms with van der Waals surface area (Å²) in [6, 6.07) is 11.1. The van der Waals surface area contributed by atoms with E-state index in [1.165, 1.54) is 7.11 Å². The van der Waals surface area contributed by atoms with Crippen LogP contribution in [0.25, 0.3) is 0 Å². The van der Waals surface area contributed by atoms with Crippen molar-refractivity contribution in [3.8, 4) is 11.5 Å². The van der Waals surface area contributed by atoms with Crippen molar-refractivity contribution >= 4 is 23.2 Å². The summed E-state index contributed by atoms with van der Waals surface area (Å²) in [5.74, 6) is 0.509. The van der Waals surface area contributed by atoms with Gasteiger partial charge in [0.15, 0.2) is 0 Å². The molecular formula is C22H26N2O4. The van der Waals surface area contributed by atoms with Gasteiger partial charge >= 0.3 is 0 Å². The molecule has 0 saturated heterocycles. The van der Waals surface area contributed by atoms with E-state index in [1.54, 1.807) is 25.3 Å². The first-order chi connectivity index (χ1) is 13.4. The highest BCUT2D eigenvalue weighted by Gasteiger charge is 2.56. The highest BCUT2D eigenvalue weighted by atomic mass is 16.5. The van der Waals surface area contributed by atoms with Crippen LogP contribution >= 0.6 is 0 Å². The molecule has 2 N–H and O–H groups in total. The monoisotopic (exact) mass is 382 g/mol. The quantitative estimate of drug-likeness (QED) is 0.712. The first-order valence-electron chi connectivity index (χ1n) is 9.38. The van der Waals surface area contributed by atoms with E-state index in [2.05, 4.69) is 10.6 Å². The fourth-order valence-electron chi connectivity index (χ4n) is 3.27. The molecule has 2 aromatic rings. The summed E-state index contributed by atoms with van der Waals surface area (Å²) in [6.45, 7) is 3.99. The van der Waals surface area contributed by atoms with Gasteiger partial charge in [0, 0.05) is 11.8 Å². The van der Waals surface area contributed by atoms with Crippen LogP contribution in [0.5, 0.6) is 11.5 Å². The molecule has 1 aliphatic carbocycles. The number of aryl methyl sites for hydroxylation is 2. The van der Waals surface area contributed by atoms with E-state index < -0.39 is 5.41 Å². The van der Waals surface area contributed by atoms with Crippen LogP contribution in [0.2, 0.25) is 0 Å². The number of rotatable bonds is 7. The minimum Gasteiger partial charge on any atom is -0.497 e. The third kappa shape index (κ3) is 3.67. The molecule has 2 aromatic carbocycles. The maximum absolute atomic E-state index is 13.0. The predicted molar refractivity (Wildman–Crippen MR) is 109 cm³/mol. The van der Waals surface area contributed by atoms with Crippen LogP contribution in [0.1, 0.15) is 30.9 Å². The van der Waals surface area contributed by atoms with Crippen molar-refractivity contribution in [2.24, 2.45) is 5.41 Å².